The highest BCUT2D eigenvalue weighted by Crippen LogP contribution is 2.61. The molecule has 0 radical (unpaired) electrons. The van der Waals surface area contributed by atoms with E-state index in [1.54, 1.807) is 0 Å². The Morgan fingerprint density at radius 1 is 0.577 bits per heavy atom. The minimum Gasteiger partial charge on any atom is -0.456 e. The molecule has 0 aromatic carbocycles. The van der Waals surface area contributed by atoms with Gasteiger partial charge in [-0.1, -0.05) is 89.2 Å². The number of rotatable bonds is 4. The summed E-state index contributed by atoms with van der Waals surface area (Å²) in [5.74, 6) is 1.33. The summed E-state index contributed by atoms with van der Waals surface area (Å²) in [7, 11) is -1.42. The van der Waals surface area contributed by atoms with Gasteiger partial charge in [0.05, 0.1) is 0 Å². The van der Waals surface area contributed by atoms with Gasteiger partial charge in [0.15, 0.2) is 0 Å². The van der Waals surface area contributed by atoms with Crippen LogP contribution in [0.25, 0.3) is 0 Å². The summed E-state index contributed by atoms with van der Waals surface area (Å²) in [6.45, 7) is 26.9. The first-order chi connectivity index (χ1) is 11.4. The van der Waals surface area contributed by atoms with Crippen LogP contribution in [0.1, 0.15) is 83.1 Å². The van der Waals surface area contributed by atoms with Crippen molar-refractivity contribution in [3.8, 4) is 11.8 Å². The first-order valence-corrected chi connectivity index (χ1v) is 11.9. The fourth-order valence-corrected chi connectivity index (χ4v) is 8.94. The van der Waals surface area contributed by atoms with Crippen LogP contribution in [0.5, 0.6) is 11.8 Å². The van der Waals surface area contributed by atoms with E-state index in [1.165, 1.54) is 0 Å². The highest BCUT2D eigenvalue weighted by atomic mass is 31.1. The molecule has 5 heteroatoms. The Morgan fingerprint density at radius 2 is 0.846 bits per heavy atom. The summed E-state index contributed by atoms with van der Waals surface area (Å²) in [6.07, 6.45) is 0. The van der Waals surface area contributed by atoms with Gasteiger partial charge < -0.3 is 9.05 Å². The zero-order valence-corrected chi connectivity index (χ0v) is 20.7. The predicted octanol–water partition coefficient (Wildman–Crippen LogP) is 7.83. The van der Waals surface area contributed by atoms with E-state index >= 15 is 0 Å². The van der Waals surface area contributed by atoms with Crippen molar-refractivity contribution in [3.05, 3.63) is 18.2 Å². The monoisotopic (exact) mass is 399 g/mol. The van der Waals surface area contributed by atoms with Gasteiger partial charge in [-0.15, -0.1) is 0 Å². The van der Waals surface area contributed by atoms with E-state index in [2.05, 4.69) is 83.1 Å². The van der Waals surface area contributed by atoms with Crippen molar-refractivity contribution < 1.29 is 9.05 Å². The average molecular weight is 399 g/mol. The van der Waals surface area contributed by atoms with Gasteiger partial charge in [0.1, 0.15) is 16.3 Å². The molecule has 26 heavy (non-hydrogen) atoms. The number of nitrogens with zero attached hydrogens (tertiary/aromatic N) is 1. The van der Waals surface area contributed by atoms with E-state index < -0.39 is 16.3 Å². The summed E-state index contributed by atoms with van der Waals surface area (Å²) in [4.78, 5) is 4.69. The van der Waals surface area contributed by atoms with Crippen molar-refractivity contribution in [3.63, 3.8) is 0 Å². The largest absolute Gasteiger partial charge is 0.456 e. The van der Waals surface area contributed by atoms with Gasteiger partial charge in [-0.05, 0) is 0 Å². The summed E-state index contributed by atoms with van der Waals surface area (Å²) in [5, 5.41) is 0.316. The topological polar surface area (TPSA) is 31.4 Å². The van der Waals surface area contributed by atoms with E-state index in [0.717, 1.165) is 0 Å². The average Bonchev–Trinajstić information content (AvgIpc) is 2.37. The van der Waals surface area contributed by atoms with Crippen LogP contribution in [0, 0.1) is 0 Å². The molecule has 0 spiro atoms. The first-order valence-electron chi connectivity index (χ1n) is 9.36. The van der Waals surface area contributed by atoms with Crippen molar-refractivity contribution in [2.75, 3.05) is 0 Å². The molecule has 0 aliphatic carbocycles. The minimum atomic E-state index is -0.710. The smallest absolute Gasteiger partial charge is 0.219 e. The van der Waals surface area contributed by atoms with Crippen molar-refractivity contribution >= 4 is 16.3 Å². The van der Waals surface area contributed by atoms with Crippen molar-refractivity contribution in [2.24, 2.45) is 0 Å². The first kappa shape index (κ1) is 23.6. The Morgan fingerprint density at radius 3 is 1.08 bits per heavy atom. The SMILES string of the molecule is CC(C)(C)P(Oc1cccc(OP(C(C)(C)C)C(C)(C)C)n1)C(C)(C)C. The molecule has 150 valence electrons. The van der Waals surface area contributed by atoms with E-state index in [1.807, 2.05) is 18.2 Å². The molecule has 0 saturated heterocycles. The lowest BCUT2D eigenvalue weighted by Gasteiger charge is -2.40. The van der Waals surface area contributed by atoms with E-state index in [9.17, 15) is 0 Å². The second-order valence-electron chi connectivity index (χ2n) is 10.8. The molecule has 1 aromatic heterocycles. The molecule has 0 amide bonds. The van der Waals surface area contributed by atoms with Gasteiger partial charge in [0.25, 0.3) is 0 Å². The van der Waals surface area contributed by atoms with Crippen LogP contribution in [-0.2, 0) is 0 Å². The zero-order valence-electron chi connectivity index (χ0n) is 18.9. The van der Waals surface area contributed by atoms with Crippen LogP contribution in [0.3, 0.4) is 0 Å². The van der Waals surface area contributed by atoms with Gasteiger partial charge in [-0.2, -0.15) is 4.98 Å². The highest BCUT2D eigenvalue weighted by molar-refractivity contribution is 7.56. The maximum atomic E-state index is 6.42. The van der Waals surface area contributed by atoms with Crippen molar-refractivity contribution in [1.29, 1.82) is 0 Å². The Hall–Kier alpha value is -0.390. The molecule has 1 heterocycles. The van der Waals surface area contributed by atoms with Crippen LogP contribution in [0.15, 0.2) is 18.2 Å². The number of aromatic nitrogens is 1. The van der Waals surface area contributed by atoms with Gasteiger partial charge in [-0.3, -0.25) is 0 Å². The molecule has 0 bridgehead atoms. The number of pyridine rings is 1. The number of hydrogen-bond acceptors (Lipinski definition) is 3. The second kappa shape index (κ2) is 7.92. The molecule has 0 atom stereocenters. The third-order valence-corrected chi connectivity index (χ3v) is 9.12. The van der Waals surface area contributed by atoms with E-state index in [0.29, 0.717) is 11.8 Å². The fourth-order valence-electron chi connectivity index (χ4n) is 3.24. The van der Waals surface area contributed by atoms with Gasteiger partial charge in [-0.25, -0.2) is 0 Å². The van der Waals surface area contributed by atoms with E-state index in [4.69, 9.17) is 14.0 Å². The number of hydrogen-bond donors (Lipinski definition) is 0. The molecule has 3 nitrogen and oxygen atoms in total. The molecule has 0 unspecified atom stereocenters. The third kappa shape index (κ3) is 6.97. The molecular formula is C21H39NO2P2. The molecule has 0 saturated carbocycles. The minimum absolute atomic E-state index is 0.0789. The Bertz CT molecular complexity index is 512. The molecule has 1 aromatic rings. The molecule has 0 aliphatic rings. The summed E-state index contributed by atoms with van der Waals surface area (Å²) < 4.78 is 12.8. The van der Waals surface area contributed by atoms with Crippen LogP contribution in [0.2, 0.25) is 0 Å². The standard InChI is InChI=1S/C21H39NO2P2/c1-18(2,3)25(19(4,5)6)23-16-14-13-15-17(22-16)24-26(20(7,8)9)21(10,11)12/h13-15H,1-12H3. The lowest BCUT2D eigenvalue weighted by atomic mass is 10.2. The van der Waals surface area contributed by atoms with E-state index in [-0.39, 0.29) is 20.6 Å². The Kier molecular flexibility index (Phi) is 7.21. The summed E-state index contributed by atoms with van der Waals surface area (Å²) >= 11 is 0. The van der Waals surface area contributed by atoms with Gasteiger partial charge in [0.2, 0.25) is 11.8 Å². The van der Waals surface area contributed by atoms with Gasteiger partial charge >= 0.3 is 0 Å². The molecule has 0 N–H and O–H groups in total. The highest BCUT2D eigenvalue weighted by Gasteiger charge is 2.39. The lowest BCUT2D eigenvalue weighted by molar-refractivity contribution is 0.487. The quantitative estimate of drug-likeness (QED) is 0.484. The van der Waals surface area contributed by atoms with Crippen LogP contribution in [0.4, 0.5) is 0 Å². The molecule has 1 rings (SSSR count). The second-order valence-corrected chi connectivity index (χ2v) is 17.7. The van der Waals surface area contributed by atoms with Crippen LogP contribution in [-0.4, -0.2) is 25.6 Å². The van der Waals surface area contributed by atoms with Crippen molar-refractivity contribution in [2.45, 2.75) is 104 Å². The summed E-state index contributed by atoms with van der Waals surface area (Å²) in [6, 6.07) is 5.86. The van der Waals surface area contributed by atoms with Crippen LogP contribution >= 0.6 is 16.3 Å². The molecular weight excluding hydrogens is 360 g/mol. The third-order valence-electron chi connectivity index (χ3n) is 3.50. The van der Waals surface area contributed by atoms with Gasteiger partial charge in [0, 0.05) is 32.8 Å². The Balaban J connectivity index is 3.11. The summed E-state index contributed by atoms with van der Waals surface area (Å²) in [5.41, 5.74) is 0. The molecule has 0 fully saturated rings. The predicted molar refractivity (Wildman–Crippen MR) is 118 cm³/mol. The maximum absolute atomic E-state index is 6.42. The fraction of sp³-hybridized carbons (Fsp3) is 0.762. The lowest BCUT2D eigenvalue weighted by Crippen LogP contribution is -2.28. The maximum Gasteiger partial charge on any atom is 0.219 e. The zero-order chi connectivity index (χ0) is 20.6. The molecule has 0 aliphatic heterocycles. The normalized spacial score (nSPS) is 14.1. The van der Waals surface area contributed by atoms with Crippen molar-refractivity contribution in [1.82, 2.24) is 4.98 Å². The van der Waals surface area contributed by atoms with Crippen LogP contribution < -0.4 is 9.05 Å². The Labute approximate surface area is 164 Å².